The van der Waals surface area contributed by atoms with Crippen LogP contribution in [0.5, 0.6) is 0 Å². The molecular formula is C36H40N5O5-. The van der Waals surface area contributed by atoms with Gasteiger partial charge in [0.05, 0.1) is 36.9 Å². The molecule has 0 radical (unpaired) electrons. The standard InChI is InChI=1S/C36H41N5O5/c1-9-20-16(3)23-13-25-18(5)22(11-12-29(42)45-7)33(40-25)31-32(36(44)46-8)35(43)30-19(6)28(41(37)34(30)31)15-27-21(10-2)17(4)24(39-27)14-26(20)38-23/h9,13-15,18,22,32,38-39,43H,1,10-12,37H2,2-8H3/p-1/b24-14-,25-13-,27-15-/t18-,22-,32+/m0/s1. The van der Waals surface area contributed by atoms with Gasteiger partial charge < -0.3 is 30.4 Å². The number of aromatic nitrogens is 3. The number of aromatic amines is 2. The van der Waals surface area contributed by atoms with Gasteiger partial charge in [0.1, 0.15) is 0 Å². The Kier molecular flexibility index (Phi) is 7.70. The maximum Gasteiger partial charge on any atom is 0.316 e. The molecule has 10 heteroatoms. The highest BCUT2D eigenvalue weighted by molar-refractivity contribution is 6.27. The SMILES string of the molecule is C=Cc1c2[nH]c(c1C)/C=C1\N=C(C3=c4c(c(C)c(n4N)/C=c4\[nH]/c(c(C)c4CC)=C\2)=C([O-])[C@@H]3C(=O)OC)[C@@H](CCC(=O)OC)[C@@H]1C. The molecule has 1 aliphatic carbocycles. The summed E-state index contributed by atoms with van der Waals surface area (Å²) in [4.78, 5) is 38.0. The Labute approximate surface area is 267 Å². The number of carbonyl (C=O) groups excluding carboxylic acids is 2. The highest BCUT2D eigenvalue weighted by Crippen LogP contribution is 2.41. The molecule has 2 aliphatic heterocycles. The average Bonchev–Trinajstić information content (AvgIpc) is 3.76. The number of carbonyl (C=O) groups is 2. The number of nitrogens with two attached hydrogens (primary N) is 1. The number of H-pyrrole nitrogens is 2. The number of aliphatic imine (C=N–C) groups is 1. The molecule has 0 saturated carbocycles. The maximum absolute atomic E-state index is 14.2. The van der Waals surface area contributed by atoms with Crippen molar-refractivity contribution in [2.45, 2.75) is 53.9 Å². The van der Waals surface area contributed by atoms with Crippen LogP contribution in [0.15, 0.2) is 17.3 Å². The molecule has 8 bridgehead atoms. The number of rotatable bonds is 6. The van der Waals surface area contributed by atoms with Crippen molar-refractivity contribution in [1.82, 2.24) is 14.6 Å². The van der Waals surface area contributed by atoms with Crippen molar-refractivity contribution in [2.24, 2.45) is 22.7 Å². The summed E-state index contributed by atoms with van der Waals surface area (Å²) < 4.78 is 11.7. The first kappa shape index (κ1) is 31.0. The van der Waals surface area contributed by atoms with Crippen molar-refractivity contribution in [3.05, 3.63) is 78.4 Å². The van der Waals surface area contributed by atoms with Gasteiger partial charge in [-0.05, 0) is 79.3 Å². The van der Waals surface area contributed by atoms with Crippen LogP contribution in [0.2, 0.25) is 0 Å². The Morgan fingerprint density at radius 1 is 1.07 bits per heavy atom. The normalized spacial score (nSPS) is 22.4. The summed E-state index contributed by atoms with van der Waals surface area (Å²) in [6, 6.07) is 0. The van der Waals surface area contributed by atoms with Gasteiger partial charge in [-0.25, -0.2) is 0 Å². The number of esters is 2. The third kappa shape index (κ3) is 4.49. The van der Waals surface area contributed by atoms with Crippen LogP contribution >= 0.6 is 0 Å². The molecule has 0 saturated heterocycles. The van der Waals surface area contributed by atoms with Gasteiger partial charge in [0, 0.05) is 57.2 Å². The highest BCUT2D eigenvalue weighted by atomic mass is 16.5. The van der Waals surface area contributed by atoms with Crippen molar-refractivity contribution in [3.8, 4) is 0 Å². The Hall–Kier alpha value is -4.99. The number of hydrogen-bond acceptors (Lipinski definition) is 7. The molecule has 0 spiro atoms. The Balaban J connectivity index is 1.78. The van der Waals surface area contributed by atoms with E-state index >= 15 is 0 Å². The molecule has 0 unspecified atom stereocenters. The third-order valence-corrected chi connectivity index (χ3v) is 10.1. The van der Waals surface area contributed by atoms with Crippen molar-refractivity contribution >= 4 is 53.3 Å². The van der Waals surface area contributed by atoms with E-state index < -0.39 is 11.9 Å². The minimum Gasteiger partial charge on any atom is -0.874 e. The molecule has 0 fully saturated rings. The first-order chi connectivity index (χ1) is 22.0. The van der Waals surface area contributed by atoms with E-state index in [0.717, 1.165) is 56.5 Å². The van der Waals surface area contributed by atoms with Crippen LogP contribution in [0.25, 0.3) is 35.6 Å². The number of methoxy groups -OCH3 is 2. The third-order valence-electron chi connectivity index (χ3n) is 10.1. The van der Waals surface area contributed by atoms with Crippen LogP contribution in [-0.2, 0) is 25.5 Å². The van der Waals surface area contributed by atoms with E-state index in [1.165, 1.54) is 18.9 Å². The van der Waals surface area contributed by atoms with Gasteiger partial charge in [-0.1, -0.05) is 26.5 Å². The first-order valence-electron chi connectivity index (χ1n) is 15.6. The van der Waals surface area contributed by atoms with E-state index in [-0.39, 0.29) is 30.0 Å². The van der Waals surface area contributed by atoms with Gasteiger partial charge in [-0.3, -0.25) is 19.3 Å². The minimum absolute atomic E-state index is 0.145. The number of nitrogens with one attached hydrogen (secondary N) is 2. The van der Waals surface area contributed by atoms with E-state index in [2.05, 4.69) is 36.5 Å². The van der Waals surface area contributed by atoms with E-state index in [1.807, 2.05) is 39.0 Å². The number of nitrogens with zero attached hydrogens (tertiary/aromatic N) is 2. The highest BCUT2D eigenvalue weighted by Gasteiger charge is 2.42. The molecular weight excluding hydrogens is 582 g/mol. The van der Waals surface area contributed by atoms with E-state index in [0.29, 0.717) is 39.5 Å². The Morgan fingerprint density at radius 2 is 1.80 bits per heavy atom. The number of nitrogen functional groups attached to an aromatic ring is 1. The van der Waals surface area contributed by atoms with Crippen LogP contribution in [0, 0.1) is 38.5 Å². The number of ether oxygens (including phenoxy) is 2. The van der Waals surface area contributed by atoms with Crippen LogP contribution in [0.4, 0.5) is 0 Å². The summed E-state index contributed by atoms with van der Waals surface area (Å²) in [6.45, 7) is 14.2. The fourth-order valence-electron chi connectivity index (χ4n) is 7.45. The van der Waals surface area contributed by atoms with Crippen LogP contribution in [-0.4, -0.2) is 46.5 Å². The van der Waals surface area contributed by atoms with Crippen LogP contribution < -0.4 is 32.2 Å². The van der Waals surface area contributed by atoms with Gasteiger partial charge in [0.2, 0.25) is 0 Å². The Morgan fingerprint density at radius 3 is 2.46 bits per heavy atom. The predicted molar refractivity (Wildman–Crippen MR) is 177 cm³/mol. The monoisotopic (exact) mass is 622 g/mol. The van der Waals surface area contributed by atoms with Gasteiger partial charge in [-0.2, -0.15) is 0 Å². The lowest BCUT2D eigenvalue weighted by molar-refractivity contribution is -0.255. The second-order valence-electron chi connectivity index (χ2n) is 12.3. The van der Waals surface area contributed by atoms with Crippen molar-refractivity contribution in [3.63, 3.8) is 0 Å². The smallest absolute Gasteiger partial charge is 0.316 e. The summed E-state index contributed by atoms with van der Waals surface area (Å²) in [5.74, 6) is 3.81. The molecule has 6 rings (SSSR count). The van der Waals surface area contributed by atoms with Gasteiger partial charge in [0.25, 0.3) is 0 Å². The summed E-state index contributed by atoms with van der Waals surface area (Å²) in [5.41, 5.74) is 9.07. The van der Waals surface area contributed by atoms with E-state index in [1.54, 1.807) is 0 Å². The molecule has 0 aromatic carbocycles. The lowest BCUT2D eigenvalue weighted by atomic mass is 9.81. The molecule has 10 nitrogen and oxygen atoms in total. The number of hydrogen-bond donors (Lipinski definition) is 3. The zero-order valence-corrected chi connectivity index (χ0v) is 27.4. The minimum atomic E-state index is -1.23. The first-order valence-corrected chi connectivity index (χ1v) is 15.6. The van der Waals surface area contributed by atoms with E-state index in [9.17, 15) is 14.7 Å². The predicted octanol–water partition coefficient (Wildman–Crippen LogP) is 1.08. The molecule has 4 N–H and O–H groups in total. The average molecular weight is 623 g/mol. The fraction of sp³-hybridized carbons (Fsp3) is 0.361. The fourth-order valence-corrected chi connectivity index (χ4v) is 7.45. The summed E-state index contributed by atoms with van der Waals surface area (Å²) in [5, 5.41) is 16.8. The van der Waals surface area contributed by atoms with Crippen molar-refractivity contribution in [1.29, 1.82) is 0 Å². The lowest BCUT2D eigenvalue weighted by Crippen LogP contribution is -2.38. The Bertz CT molecular complexity index is 2150. The van der Waals surface area contributed by atoms with Crippen LogP contribution in [0.3, 0.4) is 0 Å². The molecule has 3 aliphatic rings. The van der Waals surface area contributed by atoms with Crippen molar-refractivity contribution < 1.29 is 24.2 Å². The maximum atomic E-state index is 14.2. The molecule has 240 valence electrons. The number of fused-ring (bicyclic) bond motifs is 7. The summed E-state index contributed by atoms with van der Waals surface area (Å²) >= 11 is 0. The second kappa shape index (κ2) is 11.4. The molecule has 3 atom stereocenters. The molecule has 0 amide bonds. The van der Waals surface area contributed by atoms with Crippen LogP contribution in [0.1, 0.15) is 71.6 Å². The molecule has 46 heavy (non-hydrogen) atoms. The quantitative estimate of drug-likeness (QED) is 0.277. The lowest BCUT2D eigenvalue weighted by Gasteiger charge is -2.25. The molecule has 5 heterocycles. The zero-order chi connectivity index (χ0) is 33.2. The number of allylic oxidation sites excluding steroid dienone is 1. The second-order valence-corrected chi connectivity index (χ2v) is 12.3. The largest absolute Gasteiger partial charge is 0.874 e. The summed E-state index contributed by atoms with van der Waals surface area (Å²) in [7, 11) is 2.63. The van der Waals surface area contributed by atoms with Gasteiger partial charge in [-0.15, -0.1) is 5.76 Å². The van der Waals surface area contributed by atoms with Crippen molar-refractivity contribution in [2.75, 3.05) is 20.1 Å². The zero-order valence-electron chi connectivity index (χ0n) is 27.4. The topological polar surface area (TPSA) is 151 Å². The molecule has 3 aromatic rings. The van der Waals surface area contributed by atoms with E-state index in [4.69, 9.17) is 20.3 Å². The summed E-state index contributed by atoms with van der Waals surface area (Å²) in [6.07, 6.45) is 9.25. The van der Waals surface area contributed by atoms with Gasteiger partial charge in [0.15, 0.2) is 0 Å². The van der Waals surface area contributed by atoms with Gasteiger partial charge >= 0.3 is 11.9 Å². The molecule has 3 aromatic heterocycles.